The molecule has 7 heteroatoms. The molecule has 0 aromatic heterocycles. The number of carbonyl (C=O) groups is 2. The van der Waals surface area contributed by atoms with Crippen molar-refractivity contribution in [2.45, 2.75) is 64.0 Å². The Balaban J connectivity index is 3.48. The molecule has 142 valence electrons. The number of nitrogens with one attached hydrogen (secondary N) is 3. The van der Waals surface area contributed by atoms with Crippen LogP contribution in [0.15, 0.2) is 0 Å². The van der Waals surface area contributed by atoms with Crippen LogP contribution in [0.3, 0.4) is 0 Å². The highest BCUT2D eigenvalue weighted by Gasteiger charge is 2.14. The number of amides is 1. The summed E-state index contributed by atoms with van der Waals surface area (Å²) in [6.45, 7) is 2.81. The number of likely N-dealkylation sites (N-methyl/N-ethyl adjacent to an activating group) is 1. The molecule has 0 rings (SSSR count). The zero-order chi connectivity index (χ0) is 18.0. The second-order valence-corrected chi connectivity index (χ2v) is 7.05. The van der Waals surface area contributed by atoms with Crippen molar-refractivity contribution >= 4 is 24.0 Å². The van der Waals surface area contributed by atoms with Gasteiger partial charge in [-0.3, -0.25) is 4.79 Å². The topological polar surface area (TPSA) is 79.5 Å². The molecule has 2 unspecified atom stereocenters. The molecule has 0 aliphatic rings. The molecule has 0 saturated heterocycles. The summed E-state index contributed by atoms with van der Waals surface area (Å²) >= 11 is 1.90. The van der Waals surface area contributed by atoms with Crippen LogP contribution in [0.1, 0.15) is 51.9 Å². The molecular weight excluding hydrogens is 326 g/mol. The van der Waals surface area contributed by atoms with Crippen molar-refractivity contribution in [2.75, 3.05) is 32.2 Å². The van der Waals surface area contributed by atoms with Crippen molar-refractivity contribution in [1.82, 2.24) is 16.1 Å². The van der Waals surface area contributed by atoms with Crippen LogP contribution < -0.4 is 16.1 Å². The van der Waals surface area contributed by atoms with E-state index in [0.717, 1.165) is 56.4 Å². The fourth-order valence-electron chi connectivity index (χ4n) is 2.29. The summed E-state index contributed by atoms with van der Waals surface area (Å²) in [4.78, 5) is 26.8. The summed E-state index contributed by atoms with van der Waals surface area (Å²) in [5, 5.41) is 6.23. The third kappa shape index (κ3) is 13.8. The molecule has 2 atom stereocenters. The molecule has 0 bridgehead atoms. The van der Waals surface area contributed by atoms with Crippen molar-refractivity contribution in [3.8, 4) is 0 Å². The Morgan fingerprint density at radius 2 is 2.00 bits per heavy atom. The number of hydrogen-bond donors (Lipinski definition) is 3. The standard InChI is InChI=1S/C17H35N3O3S/c1-15(20-23-3)16(18-2)14-24-13-9-6-10-17(22)19-11-7-4-5-8-12-21/h12,15-16,18,20H,4-11,13-14H2,1-3H3,(H,19,22). The van der Waals surface area contributed by atoms with E-state index >= 15 is 0 Å². The highest BCUT2D eigenvalue weighted by Crippen LogP contribution is 2.10. The minimum absolute atomic E-state index is 0.140. The van der Waals surface area contributed by atoms with Gasteiger partial charge >= 0.3 is 0 Å². The number of rotatable bonds is 17. The van der Waals surface area contributed by atoms with E-state index in [1.165, 1.54) is 0 Å². The third-order valence-corrected chi connectivity index (χ3v) is 5.01. The quantitative estimate of drug-likeness (QED) is 0.209. The fourth-order valence-corrected chi connectivity index (χ4v) is 3.58. The van der Waals surface area contributed by atoms with Gasteiger partial charge in [-0.2, -0.15) is 17.2 Å². The van der Waals surface area contributed by atoms with Crippen LogP contribution in [-0.2, 0) is 14.4 Å². The Hall–Kier alpha value is -0.630. The van der Waals surface area contributed by atoms with E-state index in [9.17, 15) is 9.59 Å². The molecule has 0 spiro atoms. The lowest BCUT2D eigenvalue weighted by Gasteiger charge is -2.23. The third-order valence-electron chi connectivity index (χ3n) is 3.84. The molecule has 1 amide bonds. The molecule has 24 heavy (non-hydrogen) atoms. The summed E-state index contributed by atoms with van der Waals surface area (Å²) in [5.41, 5.74) is 2.95. The zero-order valence-corrected chi connectivity index (χ0v) is 16.3. The number of aldehydes is 1. The van der Waals surface area contributed by atoms with Crippen LogP contribution in [0.5, 0.6) is 0 Å². The number of hydroxylamine groups is 1. The first-order chi connectivity index (χ1) is 11.7. The molecule has 0 heterocycles. The first-order valence-electron chi connectivity index (χ1n) is 8.89. The Labute approximate surface area is 151 Å². The minimum Gasteiger partial charge on any atom is -0.356 e. The lowest BCUT2D eigenvalue weighted by atomic mass is 10.2. The fraction of sp³-hybridized carbons (Fsp3) is 0.882. The van der Waals surface area contributed by atoms with Crippen LogP contribution in [0.25, 0.3) is 0 Å². The van der Waals surface area contributed by atoms with Gasteiger partial charge in [0.15, 0.2) is 0 Å². The van der Waals surface area contributed by atoms with E-state index in [4.69, 9.17) is 4.84 Å². The molecule has 0 aromatic rings. The minimum atomic E-state index is 0.140. The second-order valence-electron chi connectivity index (χ2n) is 5.90. The van der Waals surface area contributed by atoms with E-state index < -0.39 is 0 Å². The molecule has 0 aliphatic heterocycles. The molecule has 0 radical (unpaired) electrons. The molecule has 3 N–H and O–H groups in total. The van der Waals surface area contributed by atoms with Gasteiger partial charge in [0.1, 0.15) is 6.29 Å². The van der Waals surface area contributed by atoms with Gasteiger partial charge in [0.05, 0.1) is 7.11 Å². The largest absolute Gasteiger partial charge is 0.356 e. The smallest absolute Gasteiger partial charge is 0.219 e. The number of carbonyl (C=O) groups excluding carboxylic acids is 2. The monoisotopic (exact) mass is 361 g/mol. The number of hydrogen-bond acceptors (Lipinski definition) is 6. The van der Waals surface area contributed by atoms with E-state index in [2.05, 4.69) is 23.0 Å². The summed E-state index contributed by atoms with van der Waals surface area (Å²) in [5.74, 6) is 2.22. The van der Waals surface area contributed by atoms with Crippen LogP contribution in [0.2, 0.25) is 0 Å². The SMILES string of the molecule is CNC(CSCCCCC(=O)NCCCCCC=O)C(C)NOC. The Bertz CT molecular complexity index is 319. The van der Waals surface area contributed by atoms with Gasteiger partial charge in [-0.25, -0.2) is 0 Å². The maximum absolute atomic E-state index is 11.7. The summed E-state index contributed by atoms with van der Waals surface area (Å²) in [6.07, 6.45) is 7.03. The van der Waals surface area contributed by atoms with Gasteiger partial charge in [-0.15, -0.1) is 0 Å². The molecule has 6 nitrogen and oxygen atoms in total. The zero-order valence-electron chi connectivity index (χ0n) is 15.4. The van der Waals surface area contributed by atoms with Gasteiger partial charge in [0.2, 0.25) is 5.91 Å². The second kappa shape index (κ2) is 17.2. The van der Waals surface area contributed by atoms with Crippen LogP contribution in [0, 0.1) is 0 Å². The van der Waals surface area contributed by atoms with Crippen molar-refractivity contribution < 1.29 is 14.4 Å². The van der Waals surface area contributed by atoms with Crippen LogP contribution >= 0.6 is 11.8 Å². The van der Waals surface area contributed by atoms with Gasteiger partial charge in [-0.1, -0.05) is 6.42 Å². The van der Waals surface area contributed by atoms with Crippen molar-refractivity contribution in [1.29, 1.82) is 0 Å². The van der Waals surface area contributed by atoms with E-state index in [1.54, 1.807) is 7.11 Å². The molecule has 0 fully saturated rings. The lowest BCUT2D eigenvalue weighted by Crippen LogP contribution is -2.46. The maximum Gasteiger partial charge on any atom is 0.219 e. The van der Waals surface area contributed by atoms with Crippen LogP contribution in [-0.4, -0.2) is 56.5 Å². The normalized spacial score (nSPS) is 13.5. The highest BCUT2D eigenvalue weighted by molar-refractivity contribution is 7.99. The molecule has 0 aliphatic carbocycles. The van der Waals surface area contributed by atoms with Crippen LogP contribution in [0.4, 0.5) is 0 Å². The number of thioether (sulfide) groups is 1. The maximum atomic E-state index is 11.7. The van der Waals surface area contributed by atoms with Gasteiger partial charge in [0, 0.05) is 37.2 Å². The highest BCUT2D eigenvalue weighted by atomic mass is 32.2. The van der Waals surface area contributed by atoms with E-state index in [1.807, 2.05) is 18.8 Å². The first-order valence-corrected chi connectivity index (χ1v) is 10.0. The molecule has 0 saturated carbocycles. The Morgan fingerprint density at radius 1 is 1.21 bits per heavy atom. The molecule has 0 aromatic carbocycles. The number of unbranched alkanes of at least 4 members (excludes halogenated alkanes) is 4. The average molecular weight is 362 g/mol. The Morgan fingerprint density at radius 3 is 2.67 bits per heavy atom. The van der Waals surface area contributed by atoms with Gasteiger partial charge < -0.3 is 20.3 Å². The predicted molar refractivity (Wildman–Crippen MR) is 101 cm³/mol. The summed E-state index contributed by atoms with van der Waals surface area (Å²) in [7, 11) is 3.59. The first kappa shape index (κ1) is 23.4. The average Bonchev–Trinajstić information content (AvgIpc) is 2.57. The van der Waals surface area contributed by atoms with Crippen molar-refractivity contribution in [2.24, 2.45) is 0 Å². The van der Waals surface area contributed by atoms with E-state index in [-0.39, 0.29) is 11.9 Å². The Kier molecular flexibility index (Phi) is 16.7. The van der Waals surface area contributed by atoms with Gasteiger partial charge in [-0.05, 0) is 45.4 Å². The van der Waals surface area contributed by atoms with E-state index in [0.29, 0.717) is 18.9 Å². The predicted octanol–water partition coefficient (Wildman–Crippen LogP) is 1.89. The van der Waals surface area contributed by atoms with Crippen molar-refractivity contribution in [3.05, 3.63) is 0 Å². The van der Waals surface area contributed by atoms with Crippen molar-refractivity contribution in [3.63, 3.8) is 0 Å². The summed E-state index contributed by atoms with van der Waals surface area (Å²) < 4.78 is 0. The van der Waals surface area contributed by atoms with Gasteiger partial charge in [0.25, 0.3) is 0 Å². The summed E-state index contributed by atoms with van der Waals surface area (Å²) in [6, 6.07) is 0.613. The molecular formula is C17H35N3O3S. The lowest BCUT2D eigenvalue weighted by molar-refractivity contribution is -0.121.